The van der Waals surface area contributed by atoms with Crippen molar-refractivity contribution < 1.29 is 22.1 Å². The molecular weight excluding hydrogens is 245 g/mol. The van der Waals surface area contributed by atoms with Gasteiger partial charge in [0.25, 0.3) is 0 Å². The molecule has 0 aliphatic carbocycles. The van der Waals surface area contributed by atoms with Crippen LogP contribution in [-0.2, 0) is 6.54 Å². The number of benzene rings is 1. The summed E-state index contributed by atoms with van der Waals surface area (Å²) >= 11 is 5.79. The predicted octanol–water partition coefficient (Wildman–Crippen LogP) is -0.615. The highest BCUT2D eigenvalue weighted by Crippen LogP contribution is 2.09. The van der Waals surface area contributed by atoms with E-state index in [4.69, 9.17) is 11.6 Å². The van der Waals surface area contributed by atoms with Crippen LogP contribution in [0.2, 0.25) is 5.02 Å². The molecule has 1 aromatic heterocycles. The van der Waals surface area contributed by atoms with Crippen LogP contribution in [0.25, 0.3) is 0 Å². The average molecular weight is 256 g/mol. The SMILES string of the molecule is Oc1ccc[n+](Cc2ccc(Cl)cc2)c1.[Cl-]. The second-order valence-electron chi connectivity index (χ2n) is 3.36. The Morgan fingerprint density at radius 2 is 1.81 bits per heavy atom. The summed E-state index contributed by atoms with van der Waals surface area (Å²) in [4.78, 5) is 0. The van der Waals surface area contributed by atoms with Gasteiger partial charge in [-0.05, 0) is 18.2 Å². The van der Waals surface area contributed by atoms with Gasteiger partial charge in [0.05, 0.1) is 0 Å². The van der Waals surface area contributed by atoms with Gasteiger partial charge in [0.2, 0.25) is 6.20 Å². The van der Waals surface area contributed by atoms with Crippen molar-refractivity contribution in [1.29, 1.82) is 0 Å². The molecule has 0 radical (unpaired) electrons. The van der Waals surface area contributed by atoms with Crippen LogP contribution in [-0.4, -0.2) is 5.11 Å². The Balaban J connectivity index is 0.00000128. The molecular formula is C12H11Cl2NO. The van der Waals surface area contributed by atoms with E-state index in [-0.39, 0.29) is 18.2 Å². The third-order valence-corrected chi connectivity index (χ3v) is 2.37. The van der Waals surface area contributed by atoms with Gasteiger partial charge in [-0.15, -0.1) is 0 Å². The fraction of sp³-hybridized carbons (Fsp3) is 0.0833. The van der Waals surface area contributed by atoms with Crippen molar-refractivity contribution in [3.8, 4) is 5.75 Å². The lowest BCUT2D eigenvalue weighted by molar-refractivity contribution is -0.688. The molecule has 2 nitrogen and oxygen atoms in total. The number of hydrogen-bond donors (Lipinski definition) is 1. The Bertz CT molecular complexity index is 457. The van der Waals surface area contributed by atoms with E-state index >= 15 is 0 Å². The second kappa shape index (κ2) is 5.73. The van der Waals surface area contributed by atoms with Crippen molar-refractivity contribution in [3.05, 3.63) is 59.4 Å². The zero-order valence-electron chi connectivity index (χ0n) is 8.48. The van der Waals surface area contributed by atoms with E-state index in [0.29, 0.717) is 0 Å². The number of aromatic nitrogens is 1. The standard InChI is InChI=1S/C12H10ClNO.ClH/c13-11-5-3-10(4-6-11)8-14-7-1-2-12(15)9-14;/h1-7,9H,8H2;1H. The molecule has 4 heteroatoms. The minimum Gasteiger partial charge on any atom is -1.00 e. The predicted molar refractivity (Wildman–Crippen MR) is 58.9 cm³/mol. The number of aromatic hydroxyl groups is 1. The number of nitrogens with zero attached hydrogens (tertiary/aromatic N) is 1. The second-order valence-corrected chi connectivity index (χ2v) is 3.80. The summed E-state index contributed by atoms with van der Waals surface area (Å²) in [5.41, 5.74) is 1.15. The van der Waals surface area contributed by atoms with Crippen LogP contribution in [0.1, 0.15) is 5.56 Å². The number of pyridine rings is 1. The van der Waals surface area contributed by atoms with Crippen molar-refractivity contribution in [2.45, 2.75) is 6.54 Å². The first-order valence-corrected chi connectivity index (χ1v) is 5.04. The first kappa shape index (κ1) is 12.8. The third-order valence-electron chi connectivity index (χ3n) is 2.12. The molecule has 0 fully saturated rings. The third kappa shape index (κ3) is 3.40. The minimum absolute atomic E-state index is 0. The van der Waals surface area contributed by atoms with E-state index in [0.717, 1.165) is 17.1 Å². The summed E-state index contributed by atoms with van der Waals surface area (Å²) in [6, 6.07) is 11.1. The number of halogens is 2. The Labute approximate surface area is 106 Å². The quantitative estimate of drug-likeness (QED) is 0.712. The van der Waals surface area contributed by atoms with Crippen molar-refractivity contribution in [2.75, 3.05) is 0 Å². The Hall–Kier alpha value is -1.25. The largest absolute Gasteiger partial charge is 1.00 e. The Kier molecular flexibility index (Phi) is 4.59. The molecule has 2 aromatic rings. The first-order chi connectivity index (χ1) is 7.24. The molecule has 0 aliphatic rings. The first-order valence-electron chi connectivity index (χ1n) is 4.66. The molecule has 2 rings (SSSR count). The topological polar surface area (TPSA) is 24.1 Å². The van der Waals surface area contributed by atoms with Gasteiger partial charge in [-0.25, -0.2) is 0 Å². The van der Waals surface area contributed by atoms with Crippen LogP contribution in [0, 0.1) is 0 Å². The van der Waals surface area contributed by atoms with Crippen molar-refractivity contribution in [1.82, 2.24) is 0 Å². The zero-order chi connectivity index (χ0) is 10.7. The van der Waals surface area contributed by atoms with Gasteiger partial charge in [-0.1, -0.05) is 23.7 Å². The van der Waals surface area contributed by atoms with Crippen LogP contribution in [0.3, 0.4) is 0 Å². The molecule has 16 heavy (non-hydrogen) atoms. The molecule has 0 unspecified atom stereocenters. The maximum Gasteiger partial charge on any atom is 0.211 e. The summed E-state index contributed by atoms with van der Waals surface area (Å²) in [5, 5.41) is 10.0. The normalized spacial score (nSPS) is 9.56. The molecule has 84 valence electrons. The lowest BCUT2D eigenvalue weighted by atomic mass is 10.2. The van der Waals surface area contributed by atoms with E-state index in [9.17, 15) is 5.11 Å². The molecule has 1 N–H and O–H groups in total. The van der Waals surface area contributed by atoms with Gasteiger partial charge in [-0.3, -0.25) is 0 Å². The maximum absolute atomic E-state index is 9.29. The van der Waals surface area contributed by atoms with E-state index in [1.807, 2.05) is 41.1 Å². The lowest BCUT2D eigenvalue weighted by Gasteiger charge is -1.98. The molecule has 0 bridgehead atoms. The van der Waals surface area contributed by atoms with Gasteiger partial charge in [0.1, 0.15) is 0 Å². The highest BCUT2D eigenvalue weighted by molar-refractivity contribution is 6.30. The fourth-order valence-corrected chi connectivity index (χ4v) is 1.53. The minimum atomic E-state index is 0. The Morgan fingerprint density at radius 1 is 1.12 bits per heavy atom. The van der Waals surface area contributed by atoms with Crippen molar-refractivity contribution in [3.63, 3.8) is 0 Å². The summed E-state index contributed by atoms with van der Waals surface area (Å²) in [5.74, 6) is 0.270. The smallest absolute Gasteiger partial charge is 0.211 e. The van der Waals surface area contributed by atoms with Gasteiger partial charge in [-0.2, -0.15) is 4.57 Å². The van der Waals surface area contributed by atoms with E-state index in [2.05, 4.69) is 0 Å². The van der Waals surface area contributed by atoms with E-state index in [1.54, 1.807) is 12.3 Å². The summed E-state index contributed by atoms with van der Waals surface area (Å²) in [6.45, 7) is 0.728. The molecule has 0 aliphatic heterocycles. The zero-order valence-corrected chi connectivity index (χ0v) is 9.99. The maximum atomic E-state index is 9.29. The highest BCUT2D eigenvalue weighted by Gasteiger charge is 2.03. The summed E-state index contributed by atoms with van der Waals surface area (Å²) < 4.78 is 1.92. The Morgan fingerprint density at radius 3 is 2.44 bits per heavy atom. The summed E-state index contributed by atoms with van der Waals surface area (Å²) in [6.07, 6.45) is 3.60. The molecule has 0 amide bonds. The van der Waals surface area contributed by atoms with Gasteiger partial charge < -0.3 is 17.5 Å². The molecule has 0 saturated carbocycles. The molecule has 0 atom stereocenters. The monoisotopic (exact) mass is 255 g/mol. The average Bonchev–Trinajstić information content (AvgIpc) is 2.22. The van der Waals surface area contributed by atoms with Crippen molar-refractivity contribution in [2.24, 2.45) is 0 Å². The van der Waals surface area contributed by atoms with Gasteiger partial charge in [0, 0.05) is 16.7 Å². The van der Waals surface area contributed by atoms with E-state index in [1.165, 1.54) is 0 Å². The molecule has 1 aromatic carbocycles. The fourth-order valence-electron chi connectivity index (χ4n) is 1.41. The van der Waals surface area contributed by atoms with Gasteiger partial charge in [0.15, 0.2) is 18.5 Å². The number of rotatable bonds is 2. The van der Waals surface area contributed by atoms with Gasteiger partial charge >= 0.3 is 0 Å². The number of hydrogen-bond acceptors (Lipinski definition) is 1. The van der Waals surface area contributed by atoms with Crippen LogP contribution in [0.15, 0.2) is 48.8 Å². The van der Waals surface area contributed by atoms with Crippen LogP contribution >= 0.6 is 11.6 Å². The molecule has 1 heterocycles. The lowest BCUT2D eigenvalue weighted by Crippen LogP contribution is -3.00. The highest BCUT2D eigenvalue weighted by atomic mass is 35.5. The molecule has 0 spiro atoms. The summed E-state index contributed by atoms with van der Waals surface area (Å²) in [7, 11) is 0. The van der Waals surface area contributed by atoms with Crippen LogP contribution in [0.5, 0.6) is 5.75 Å². The van der Waals surface area contributed by atoms with Crippen LogP contribution in [0.4, 0.5) is 0 Å². The van der Waals surface area contributed by atoms with Crippen molar-refractivity contribution >= 4 is 11.6 Å². The van der Waals surface area contributed by atoms with E-state index < -0.39 is 0 Å². The molecule has 0 saturated heterocycles. The van der Waals surface area contributed by atoms with Crippen LogP contribution < -0.4 is 17.0 Å².